The Bertz CT molecular complexity index is 38.7. The summed E-state index contributed by atoms with van der Waals surface area (Å²) in [5.74, 6) is 0. The Balaban J connectivity index is 2.68. The predicted octanol–water partition coefficient (Wildman–Crippen LogP) is 2.28. The van der Waals surface area contributed by atoms with Gasteiger partial charge in [-0.25, -0.2) is 0 Å². The topological polar surface area (TPSA) is 0 Å². The summed E-state index contributed by atoms with van der Waals surface area (Å²) in [6, 6.07) is 1.16. The highest BCUT2D eigenvalue weighted by atomic mass is 35.5. The van der Waals surface area contributed by atoms with Crippen LogP contribution < -0.4 is 0 Å². The molecule has 0 unspecified atom stereocenters. The zero-order chi connectivity index (χ0) is 5.70. The van der Waals surface area contributed by atoms with E-state index >= 15 is 0 Å². The van der Waals surface area contributed by atoms with E-state index in [0.29, 0.717) is 0 Å². The van der Waals surface area contributed by atoms with Crippen LogP contribution in [-0.4, -0.2) is 14.0 Å². The summed E-state index contributed by atoms with van der Waals surface area (Å²) in [5, 5.41) is 0. The number of hydrogen-bond acceptors (Lipinski definition) is 0. The molecule has 0 nitrogen and oxygen atoms in total. The molecule has 42 valence electrons. The average molecular weight is 155 g/mol. The molecule has 0 N–H and O–H groups in total. The lowest BCUT2D eigenvalue weighted by molar-refractivity contribution is 1.07. The Morgan fingerprint density at radius 3 is 2.29 bits per heavy atom. The van der Waals surface area contributed by atoms with Crippen LogP contribution in [0.15, 0.2) is 0 Å². The van der Waals surface area contributed by atoms with E-state index in [1.54, 1.807) is 0 Å². The minimum atomic E-state index is -0.125. The van der Waals surface area contributed by atoms with Crippen LogP contribution in [0.5, 0.6) is 0 Å². The van der Waals surface area contributed by atoms with Crippen LogP contribution in [0.2, 0.25) is 6.04 Å². The maximum atomic E-state index is 5.43. The summed E-state index contributed by atoms with van der Waals surface area (Å²) in [7, 11) is 0.720. The fourth-order valence-electron chi connectivity index (χ4n) is 0.253. The fraction of sp³-hybridized carbons (Fsp3) is 1.00. The molecular formula is C4H8Cl2Si. The lowest BCUT2D eigenvalue weighted by Crippen LogP contribution is -1.98. The van der Waals surface area contributed by atoms with Crippen molar-refractivity contribution < 1.29 is 0 Å². The van der Waals surface area contributed by atoms with Crippen molar-refractivity contribution in [2.75, 3.05) is 0 Å². The van der Waals surface area contributed by atoms with Crippen molar-refractivity contribution in [1.29, 1.82) is 0 Å². The van der Waals surface area contributed by atoms with E-state index in [2.05, 4.69) is 6.92 Å². The van der Waals surface area contributed by atoms with Crippen molar-refractivity contribution in [3.05, 3.63) is 0 Å². The highest BCUT2D eigenvalue weighted by Crippen LogP contribution is 2.01. The molecule has 7 heavy (non-hydrogen) atoms. The van der Waals surface area contributed by atoms with E-state index in [-0.39, 0.29) is 4.46 Å². The van der Waals surface area contributed by atoms with Crippen molar-refractivity contribution in [3.63, 3.8) is 0 Å². The monoisotopic (exact) mass is 154 g/mol. The molecule has 0 aliphatic rings. The van der Waals surface area contributed by atoms with E-state index in [9.17, 15) is 0 Å². The van der Waals surface area contributed by atoms with Crippen LogP contribution in [0.25, 0.3) is 0 Å². The molecule has 0 aromatic heterocycles. The molecule has 3 heteroatoms. The van der Waals surface area contributed by atoms with E-state index in [1.807, 2.05) is 0 Å². The third-order valence-corrected chi connectivity index (χ3v) is 2.57. The van der Waals surface area contributed by atoms with E-state index in [1.165, 1.54) is 6.42 Å². The molecule has 0 saturated carbocycles. The van der Waals surface area contributed by atoms with Gasteiger partial charge >= 0.3 is 0 Å². The second-order valence-corrected chi connectivity index (χ2v) is 4.57. The summed E-state index contributed by atoms with van der Waals surface area (Å²) in [6.07, 6.45) is 1.19. The number of alkyl halides is 2. The van der Waals surface area contributed by atoms with Gasteiger partial charge in [0.2, 0.25) is 0 Å². The SMILES string of the molecule is CCC[Si]C(Cl)Cl. The van der Waals surface area contributed by atoms with Gasteiger partial charge in [0.25, 0.3) is 0 Å². The quantitative estimate of drug-likeness (QED) is 0.433. The minimum absolute atomic E-state index is 0.125. The van der Waals surface area contributed by atoms with E-state index in [0.717, 1.165) is 15.6 Å². The Labute approximate surface area is 57.0 Å². The molecule has 0 saturated heterocycles. The van der Waals surface area contributed by atoms with Crippen LogP contribution >= 0.6 is 23.2 Å². The summed E-state index contributed by atoms with van der Waals surface area (Å²) in [6.45, 7) is 2.13. The fourth-order valence-corrected chi connectivity index (χ4v) is 1.41. The molecule has 0 aliphatic heterocycles. The highest BCUT2D eigenvalue weighted by Gasteiger charge is 1.95. The Kier molecular flexibility index (Phi) is 5.51. The standard InChI is InChI=1S/C4H8Cl2Si/c1-2-3-7-4(5)6/h4H,2-3H2,1H3. The van der Waals surface area contributed by atoms with Gasteiger partial charge in [0.15, 0.2) is 0 Å². The first-order chi connectivity index (χ1) is 3.27. The summed E-state index contributed by atoms with van der Waals surface area (Å²) in [4.78, 5) is 0. The Morgan fingerprint density at radius 2 is 2.14 bits per heavy atom. The van der Waals surface area contributed by atoms with Crippen molar-refractivity contribution in [3.8, 4) is 0 Å². The first kappa shape index (κ1) is 7.80. The normalized spacial score (nSPS) is 10.3. The Hall–Kier alpha value is 0.797. The smallest absolute Gasteiger partial charge is 0.0929 e. The van der Waals surface area contributed by atoms with Crippen LogP contribution in [0.3, 0.4) is 0 Å². The molecule has 0 aromatic rings. The molecule has 2 radical (unpaired) electrons. The van der Waals surface area contributed by atoms with Crippen LogP contribution in [0.1, 0.15) is 13.3 Å². The van der Waals surface area contributed by atoms with Crippen LogP contribution in [-0.2, 0) is 0 Å². The van der Waals surface area contributed by atoms with Crippen molar-refractivity contribution >= 4 is 32.7 Å². The van der Waals surface area contributed by atoms with Gasteiger partial charge < -0.3 is 0 Å². The zero-order valence-corrected chi connectivity index (χ0v) is 6.76. The first-order valence-corrected chi connectivity index (χ1v) is 4.44. The van der Waals surface area contributed by atoms with Gasteiger partial charge in [-0.15, -0.1) is 23.2 Å². The van der Waals surface area contributed by atoms with Gasteiger partial charge in [-0.05, 0) is 0 Å². The van der Waals surface area contributed by atoms with Gasteiger partial charge in [0.1, 0.15) is 0 Å². The van der Waals surface area contributed by atoms with Gasteiger partial charge in [0, 0.05) is 0 Å². The van der Waals surface area contributed by atoms with Crippen molar-refractivity contribution in [2.45, 2.75) is 23.8 Å². The minimum Gasteiger partial charge on any atom is -0.110 e. The number of rotatable bonds is 3. The largest absolute Gasteiger partial charge is 0.110 e. The molecule has 0 rings (SSSR count). The van der Waals surface area contributed by atoms with Gasteiger partial charge in [-0.1, -0.05) is 19.4 Å². The van der Waals surface area contributed by atoms with E-state index < -0.39 is 0 Å². The summed E-state index contributed by atoms with van der Waals surface area (Å²) in [5.41, 5.74) is 0. The molecule has 0 aromatic carbocycles. The van der Waals surface area contributed by atoms with Gasteiger partial charge in [-0.3, -0.25) is 0 Å². The Morgan fingerprint density at radius 1 is 1.57 bits per heavy atom. The maximum absolute atomic E-state index is 5.43. The molecule has 0 atom stereocenters. The number of hydrogen-bond donors (Lipinski definition) is 0. The predicted molar refractivity (Wildman–Crippen MR) is 36.3 cm³/mol. The third-order valence-electron chi connectivity index (χ3n) is 0.549. The molecule has 0 amide bonds. The summed E-state index contributed by atoms with van der Waals surface area (Å²) >= 11 is 10.9. The number of halogens is 2. The molecule has 0 aliphatic carbocycles. The average Bonchev–Trinajstić information content (AvgIpc) is 1.61. The van der Waals surface area contributed by atoms with E-state index in [4.69, 9.17) is 23.2 Å². The second-order valence-electron chi connectivity index (χ2n) is 1.25. The second kappa shape index (κ2) is 4.94. The molecule has 0 spiro atoms. The molecule has 0 bridgehead atoms. The van der Waals surface area contributed by atoms with Crippen molar-refractivity contribution in [2.24, 2.45) is 0 Å². The first-order valence-electron chi connectivity index (χ1n) is 2.29. The maximum Gasteiger partial charge on any atom is 0.0929 e. The summed E-state index contributed by atoms with van der Waals surface area (Å²) < 4.78 is -0.125. The third kappa shape index (κ3) is 6.80. The molecule has 0 heterocycles. The van der Waals surface area contributed by atoms with Gasteiger partial charge in [0.05, 0.1) is 14.0 Å². The van der Waals surface area contributed by atoms with Gasteiger partial charge in [-0.2, -0.15) is 0 Å². The lowest BCUT2D eigenvalue weighted by atomic mass is 10.6. The zero-order valence-electron chi connectivity index (χ0n) is 4.25. The van der Waals surface area contributed by atoms with Crippen molar-refractivity contribution in [1.82, 2.24) is 0 Å². The molecular weight excluding hydrogens is 147 g/mol. The van der Waals surface area contributed by atoms with Crippen LogP contribution in [0, 0.1) is 0 Å². The molecule has 0 fully saturated rings. The highest BCUT2D eigenvalue weighted by molar-refractivity contribution is 6.68. The lowest BCUT2D eigenvalue weighted by Gasteiger charge is -1.92. The van der Waals surface area contributed by atoms with Crippen LogP contribution in [0.4, 0.5) is 0 Å².